The van der Waals surface area contributed by atoms with Gasteiger partial charge in [-0.3, -0.25) is 51.3 Å². The van der Waals surface area contributed by atoms with Crippen molar-refractivity contribution < 1.29 is 148 Å². The van der Waals surface area contributed by atoms with Crippen LogP contribution in [0.25, 0.3) is 0 Å². The van der Waals surface area contributed by atoms with Crippen LogP contribution in [0.1, 0.15) is 30.9 Å². The maximum atomic E-state index is 15.2. The molecule has 39 heteroatoms. The number of carbonyl (C=O) groups excluding carboxylic acids is 4. The second kappa shape index (κ2) is 34.7. The lowest BCUT2D eigenvalue weighted by molar-refractivity contribution is -0.663. The highest BCUT2D eigenvalue weighted by molar-refractivity contribution is 5.97. The first kappa shape index (κ1) is 77.7. The monoisotopic (exact) mass is 1450 g/mol. The highest BCUT2D eigenvalue weighted by atomic mass is 16.7. The van der Waals surface area contributed by atoms with E-state index in [0.717, 1.165) is 4.58 Å². The summed E-state index contributed by atoms with van der Waals surface area (Å²) in [6.45, 7) is -1.59. The molecule has 6 heterocycles. The van der Waals surface area contributed by atoms with Gasteiger partial charge in [0.2, 0.25) is 36.1 Å². The van der Waals surface area contributed by atoms with E-state index in [2.05, 4.69) is 46.9 Å². The van der Waals surface area contributed by atoms with Crippen molar-refractivity contribution >= 4 is 47.3 Å². The fourth-order valence-corrected chi connectivity index (χ4v) is 12.6. The van der Waals surface area contributed by atoms with Gasteiger partial charge in [-0.05, 0) is 42.3 Å². The van der Waals surface area contributed by atoms with Crippen LogP contribution in [0, 0.1) is 0 Å². The number of ether oxygens (including phenoxy) is 8. The van der Waals surface area contributed by atoms with Crippen molar-refractivity contribution in [1.82, 2.24) is 31.9 Å². The molecule has 4 amide bonds. The van der Waals surface area contributed by atoms with E-state index in [1.165, 1.54) is 49.6 Å². The second-order valence-electron chi connectivity index (χ2n) is 25.0. The van der Waals surface area contributed by atoms with Gasteiger partial charge >= 0.3 is 17.8 Å². The van der Waals surface area contributed by atoms with Crippen molar-refractivity contribution in [1.29, 1.82) is 0 Å². The molecule has 9 rings (SSSR count). The SMILES string of the molecule is CCOc1cc(O[C@@H]2[C@H](O)[C@H](O)[C@H](O[C@@H]3[C@@H](O)[C@@H](O)[C@H](Oc4ccc(C[C@H]5NC(=O)[C@@H]([C@H](C)c6ccccc6)N=C([O-])C[NH+]=C(O)C(CO)NC(=O)[C@@H]([C@H](O)[C@@H]6CNC(N)=[N+]6[C@@H]6O[C@@H](CO)[C@H](O)[C@H](O)[C@@H]6O)NC(=O)[C@H]([C@H](O)[C@@H]6C[NH+]=C(N)N6)NC5=O)cc4)O[C@@H]3CO)O[C@H]2CO)ccc1OC. The molecule has 102 heavy (non-hydrogen) atoms. The van der Waals surface area contributed by atoms with Gasteiger partial charge in [0, 0.05) is 24.3 Å². The number of hydrogen-bond donors (Lipinski definition) is 24. The number of hydrogen-bond acceptors (Lipinski definition) is 31. The Morgan fingerprint density at radius 2 is 1.27 bits per heavy atom. The standard InChI is InChI=1S/C63H88N12O27/c1-4-96-35-17-29(14-15-34(35)95-3)97-52-37(23-78)101-61(51(89)47(52)85)102-53-38(24-79)100-60(50(88)48(53)86)98-28-12-10-26(11-13-28)16-30-55(91)73-41(43(81)31-18-67-62(64)71-31)58(94)74-42(44(82)33-19-68-63(65)75(33)59-49(87)46(84)45(83)36(22-77)99-59)57(93)70-32(21-76)54(90)66-20-39(80)72-40(56(92)69-30)25(2)27-8-6-5-7-9-27/h5-15,17,25,30-33,36-38,40-53,59-61,76-79,81-89H,4,16,18-24H2,1-3H3,(H11,64,65,66,67,68,69,70,71,72,73,74,80,90,91,92,93,94)/p+2/t25-,30-,31+,32?,33+,36+,37+,38-,40-,41+,42-,43-,44-,45+,46+,47-,48+,49+,50-,51+,52+,53+,59-,60-,61+/m1/s1. The molecule has 26 N–H and O–H groups in total. The van der Waals surface area contributed by atoms with E-state index in [1.807, 2.05) is 0 Å². The minimum Gasteiger partial charge on any atom is -0.858 e. The van der Waals surface area contributed by atoms with E-state index in [0.29, 0.717) is 17.1 Å². The lowest BCUT2D eigenvalue weighted by Gasteiger charge is -2.46. The van der Waals surface area contributed by atoms with Gasteiger partial charge in [-0.1, -0.05) is 49.4 Å². The van der Waals surface area contributed by atoms with Crippen LogP contribution in [-0.2, 0) is 44.5 Å². The predicted molar refractivity (Wildman–Crippen MR) is 343 cm³/mol. The number of nitrogens with zero attached hydrogens (tertiary/aromatic N) is 2. The van der Waals surface area contributed by atoms with Gasteiger partial charge in [0.05, 0.1) is 46.7 Å². The number of benzene rings is 3. The molecule has 1 unspecified atom stereocenters. The van der Waals surface area contributed by atoms with Crippen LogP contribution < -0.4 is 77.4 Å². The van der Waals surface area contributed by atoms with Crippen LogP contribution in [0.2, 0.25) is 0 Å². The summed E-state index contributed by atoms with van der Waals surface area (Å²) in [6.07, 6.45) is -31.2. The van der Waals surface area contributed by atoms with Crippen molar-refractivity contribution in [3.63, 3.8) is 0 Å². The average molecular weight is 1450 g/mol. The molecule has 0 aromatic heterocycles. The second-order valence-corrected chi connectivity index (χ2v) is 25.0. The fourth-order valence-electron chi connectivity index (χ4n) is 12.6. The van der Waals surface area contributed by atoms with Crippen LogP contribution in [0.15, 0.2) is 77.8 Å². The number of aliphatic hydroxyl groups excluding tert-OH is 14. The van der Waals surface area contributed by atoms with Gasteiger partial charge in [0.25, 0.3) is 0 Å². The summed E-state index contributed by atoms with van der Waals surface area (Å²) in [6, 6.07) is 5.53. The minimum atomic E-state index is -2.31. The predicted octanol–water partition coefficient (Wildman–Crippen LogP) is -15.2. The number of methoxy groups -OCH3 is 1. The smallest absolute Gasteiger partial charge is 0.358 e. The number of aliphatic imine (C=N–C) groups is 1. The van der Waals surface area contributed by atoms with E-state index in [4.69, 9.17) is 49.4 Å². The molecular weight excluding hydrogens is 1360 g/mol. The van der Waals surface area contributed by atoms with Crippen LogP contribution >= 0.6 is 0 Å². The molecule has 3 saturated heterocycles. The number of nitrogens with one attached hydrogen (secondary N) is 8. The van der Waals surface area contributed by atoms with Crippen molar-refractivity contribution in [3.8, 4) is 23.0 Å². The summed E-state index contributed by atoms with van der Waals surface area (Å²) >= 11 is 0. The molecule has 25 atom stereocenters. The molecular formula is C63H90N12O27+2. The van der Waals surface area contributed by atoms with Gasteiger partial charge in [-0.25, -0.2) is 9.57 Å². The zero-order chi connectivity index (χ0) is 74.0. The third-order valence-corrected chi connectivity index (χ3v) is 18.3. The molecule has 562 valence electrons. The molecule has 3 aromatic rings. The third-order valence-electron chi connectivity index (χ3n) is 18.3. The minimum absolute atomic E-state index is 0.0728. The largest absolute Gasteiger partial charge is 0.858 e. The molecule has 0 saturated carbocycles. The number of guanidine groups is 2. The highest BCUT2D eigenvalue weighted by Gasteiger charge is 2.55. The zero-order valence-electron chi connectivity index (χ0n) is 55.3. The van der Waals surface area contributed by atoms with E-state index < -0.39 is 234 Å². The van der Waals surface area contributed by atoms with Crippen molar-refractivity contribution in [3.05, 3.63) is 83.9 Å². The first-order valence-corrected chi connectivity index (χ1v) is 32.7. The summed E-state index contributed by atoms with van der Waals surface area (Å²) < 4.78 is 47.1. The van der Waals surface area contributed by atoms with Gasteiger partial charge in [0.1, 0.15) is 134 Å². The van der Waals surface area contributed by atoms with E-state index in [-0.39, 0.29) is 42.1 Å². The quantitative estimate of drug-likeness (QED) is 0.0415. The summed E-state index contributed by atoms with van der Waals surface area (Å²) in [4.78, 5) is 69.2. The molecule has 0 bridgehead atoms. The lowest BCUT2D eigenvalue weighted by Crippen LogP contribution is -2.80. The van der Waals surface area contributed by atoms with Crippen LogP contribution in [0.4, 0.5) is 0 Å². The third kappa shape index (κ3) is 17.6. The normalized spacial score (nSPS) is 34.6. The van der Waals surface area contributed by atoms with E-state index >= 15 is 9.59 Å². The number of amides is 4. The van der Waals surface area contributed by atoms with Crippen LogP contribution in [0.5, 0.6) is 23.0 Å². The van der Waals surface area contributed by atoms with Crippen molar-refractivity contribution in [2.75, 3.05) is 59.8 Å². The molecule has 0 radical (unpaired) electrons. The lowest BCUT2D eigenvalue weighted by atomic mass is 9.92. The molecule has 6 aliphatic rings. The first-order chi connectivity index (χ1) is 48.7. The van der Waals surface area contributed by atoms with Crippen LogP contribution in [-0.4, -0.2) is 330 Å². The Morgan fingerprint density at radius 1 is 0.657 bits per heavy atom. The summed E-state index contributed by atoms with van der Waals surface area (Å²) in [5.74, 6) is -7.75. The average Bonchev–Trinajstić information content (AvgIpc) is 1.43. The summed E-state index contributed by atoms with van der Waals surface area (Å²) in [5, 5.41) is 184. The Hall–Kier alpha value is -8.46. The number of nitrogens with two attached hydrogens (primary N) is 2. The number of rotatable bonds is 22. The van der Waals surface area contributed by atoms with Gasteiger partial charge in [-0.15, -0.1) is 0 Å². The molecule has 0 aliphatic carbocycles. The highest BCUT2D eigenvalue weighted by Crippen LogP contribution is 2.36. The number of carbonyl (C=O) groups is 4. The van der Waals surface area contributed by atoms with Crippen molar-refractivity contribution in [2.24, 2.45) is 16.5 Å². The molecule has 6 aliphatic heterocycles. The maximum Gasteiger partial charge on any atom is 0.358 e. The Balaban J connectivity index is 0.989. The maximum absolute atomic E-state index is 15.2. The molecule has 3 aromatic carbocycles. The van der Waals surface area contributed by atoms with Gasteiger partial charge < -0.3 is 136 Å². The fraction of sp³-hybridized carbons (Fsp3) is 0.587. The summed E-state index contributed by atoms with van der Waals surface area (Å²) in [5.41, 5.74) is 13.0. The molecule has 3 fully saturated rings. The van der Waals surface area contributed by atoms with Gasteiger partial charge in [-0.2, -0.15) is 0 Å². The molecule has 39 nitrogen and oxygen atoms in total. The Bertz CT molecular complexity index is 3470. The zero-order valence-corrected chi connectivity index (χ0v) is 55.3. The first-order valence-electron chi connectivity index (χ1n) is 32.7. The summed E-state index contributed by atoms with van der Waals surface area (Å²) in [7, 11) is 1.43. The molecule has 0 spiro atoms. The Morgan fingerprint density at radius 3 is 1.92 bits per heavy atom. The Kier molecular flexibility index (Phi) is 26.4. The number of aliphatic hydroxyl groups is 14. The van der Waals surface area contributed by atoms with E-state index in [1.54, 1.807) is 44.2 Å². The van der Waals surface area contributed by atoms with Gasteiger partial charge in [0.15, 0.2) is 36.5 Å². The Labute approximate surface area is 581 Å². The van der Waals surface area contributed by atoms with Crippen LogP contribution in [0.3, 0.4) is 0 Å². The van der Waals surface area contributed by atoms with E-state index in [9.17, 15) is 86.2 Å². The van der Waals surface area contributed by atoms with Crippen molar-refractivity contribution in [2.45, 2.75) is 173 Å². The topological polar surface area (TPSA) is 616 Å².